The highest BCUT2D eigenvalue weighted by Crippen LogP contribution is 2.33. The number of benzene rings is 1. The van der Waals surface area contributed by atoms with Gasteiger partial charge in [-0.05, 0) is 18.7 Å². The lowest BCUT2D eigenvalue weighted by atomic mass is 9.97. The first-order valence-electron chi connectivity index (χ1n) is 5.06. The van der Waals surface area contributed by atoms with Gasteiger partial charge in [-0.3, -0.25) is 0 Å². The average molecular weight is 224 g/mol. The smallest absolute Gasteiger partial charge is 0.141 e. The number of hydrogen-bond acceptors (Lipinski definition) is 2. The van der Waals surface area contributed by atoms with Crippen LogP contribution < -0.4 is 10.1 Å². The molecule has 3 heteroatoms. The monoisotopic (exact) mass is 223 g/mol. The number of hydrogen-bond donors (Lipinski definition) is 1. The molecule has 1 fully saturated rings. The van der Waals surface area contributed by atoms with Crippen molar-refractivity contribution in [1.29, 1.82) is 0 Å². The maximum Gasteiger partial charge on any atom is 0.141 e. The van der Waals surface area contributed by atoms with Gasteiger partial charge in [-0.25, -0.2) is 0 Å². The second-order valence-corrected chi connectivity index (χ2v) is 3.96. The Bertz CT molecular complexity index is 383. The normalized spacial score (nSPS) is 26.9. The van der Waals surface area contributed by atoms with Crippen molar-refractivity contribution in [3.63, 3.8) is 0 Å². The summed E-state index contributed by atoms with van der Waals surface area (Å²) in [6.45, 7) is 1.98. The van der Waals surface area contributed by atoms with E-state index in [0.717, 1.165) is 25.3 Å². The zero-order chi connectivity index (χ0) is 9.43. The van der Waals surface area contributed by atoms with E-state index in [4.69, 9.17) is 4.74 Å². The van der Waals surface area contributed by atoms with Gasteiger partial charge < -0.3 is 10.1 Å². The van der Waals surface area contributed by atoms with Gasteiger partial charge in [0.1, 0.15) is 11.4 Å². The van der Waals surface area contributed by atoms with Crippen LogP contribution in [0.4, 0.5) is 0 Å². The average Bonchev–Trinajstić information content (AvgIpc) is 2.66. The second-order valence-electron chi connectivity index (χ2n) is 3.96. The van der Waals surface area contributed by atoms with E-state index in [1.807, 2.05) is 18.2 Å². The summed E-state index contributed by atoms with van der Waals surface area (Å²) in [5.74, 6) is 1.01. The topological polar surface area (TPSA) is 21.3 Å². The van der Waals surface area contributed by atoms with Crippen LogP contribution in [0.5, 0.6) is 5.75 Å². The third-order valence-corrected chi connectivity index (χ3v) is 2.95. The van der Waals surface area contributed by atoms with Crippen LogP contribution in [0.1, 0.15) is 12.0 Å². The van der Waals surface area contributed by atoms with Crippen LogP contribution in [0.15, 0.2) is 30.3 Å². The van der Waals surface area contributed by atoms with Gasteiger partial charge in [-0.2, -0.15) is 0 Å². The minimum Gasteiger partial charge on any atom is -0.481 e. The van der Waals surface area contributed by atoms with Crippen molar-refractivity contribution >= 4 is 18.5 Å². The van der Waals surface area contributed by atoms with Gasteiger partial charge in [0.2, 0.25) is 0 Å². The van der Waals surface area contributed by atoms with Crippen molar-refractivity contribution in [3.05, 3.63) is 35.9 Å². The summed E-state index contributed by atoms with van der Waals surface area (Å²) < 4.78 is 6.03. The molecule has 2 aliphatic rings. The number of ether oxygens (including phenoxy) is 1. The number of rotatable bonds is 0. The molecule has 1 spiro atoms. The van der Waals surface area contributed by atoms with Gasteiger partial charge in [0.15, 0.2) is 0 Å². The fourth-order valence-corrected chi connectivity index (χ4v) is 2.12. The summed E-state index contributed by atoms with van der Waals surface area (Å²) in [5, 5.41) is 3.34. The number of para-hydroxylation sites is 1. The van der Waals surface area contributed by atoms with Crippen LogP contribution in [0.3, 0.4) is 0 Å². The van der Waals surface area contributed by atoms with Crippen LogP contribution in [0.2, 0.25) is 0 Å². The van der Waals surface area contributed by atoms with Crippen molar-refractivity contribution in [2.24, 2.45) is 0 Å². The molecule has 0 saturated carbocycles. The Morgan fingerprint density at radius 2 is 2.13 bits per heavy atom. The molecule has 80 valence electrons. The molecule has 0 aromatic heterocycles. The molecule has 0 amide bonds. The lowest BCUT2D eigenvalue weighted by molar-refractivity contribution is 0.139. The quantitative estimate of drug-likeness (QED) is 0.729. The largest absolute Gasteiger partial charge is 0.481 e. The van der Waals surface area contributed by atoms with Crippen molar-refractivity contribution < 1.29 is 4.74 Å². The number of nitrogens with one attached hydrogen (secondary N) is 1. The van der Waals surface area contributed by atoms with E-state index >= 15 is 0 Å². The number of halogens is 1. The molecule has 1 aromatic rings. The van der Waals surface area contributed by atoms with E-state index in [9.17, 15) is 0 Å². The highest BCUT2D eigenvalue weighted by molar-refractivity contribution is 5.85. The zero-order valence-corrected chi connectivity index (χ0v) is 9.22. The Balaban J connectivity index is 0.000000853. The zero-order valence-electron chi connectivity index (χ0n) is 8.40. The third kappa shape index (κ3) is 1.75. The predicted octanol–water partition coefficient (Wildman–Crippen LogP) is 2.25. The van der Waals surface area contributed by atoms with Gasteiger partial charge in [0, 0.05) is 18.5 Å². The summed E-state index contributed by atoms with van der Waals surface area (Å²) >= 11 is 0. The predicted molar refractivity (Wildman–Crippen MR) is 63.6 cm³/mol. The molecule has 1 saturated heterocycles. The molecule has 1 aromatic carbocycles. The fourth-order valence-electron chi connectivity index (χ4n) is 2.12. The summed E-state index contributed by atoms with van der Waals surface area (Å²) in [6, 6.07) is 8.19. The summed E-state index contributed by atoms with van der Waals surface area (Å²) in [4.78, 5) is 0. The molecule has 2 heterocycles. The van der Waals surface area contributed by atoms with E-state index in [2.05, 4.69) is 23.5 Å². The lowest BCUT2D eigenvalue weighted by Crippen LogP contribution is -2.37. The fraction of sp³-hybridized carbons (Fsp3) is 0.333. The molecule has 1 atom stereocenters. The minimum absolute atomic E-state index is 0. The molecule has 15 heavy (non-hydrogen) atoms. The van der Waals surface area contributed by atoms with Gasteiger partial charge in [0.25, 0.3) is 0 Å². The van der Waals surface area contributed by atoms with Crippen molar-refractivity contribution in [2.75, 3.05) is 13.1 Å². The first kappa shape index (κ1) is 10.5. The molecule has 1 N–H and O–H groups in total. The van der Waals surface area contributed by atoms with Crippen LogP contribution in [-0.2, 0) is 0 Å². The third-order valence-electron chi connectivity index (χ3n) is 2.95. The van der Waals surface area contributed by atoms with Gasteiger partial charge in [-0.1, -0.05) is 24.3 Å². The van der Waals surface area contributed by atoms with E-state index in [1.54, 1.807) is 0 Å². The summed E-state index contributed by atoms with van der Waals surface area (Å²) in [6.07, 6.45) is 5.43. The molecular formula is C12H14ClNO. The molecule has 0 aliphatic carbocycles. The maximum atomic E-state index is 6.03. The molecule has 1 unspecified atom stereocenters. The molecular weight excluding hydrogens is 210 g/mol. The van der Waals surface area contributed by atoms with Crippen molar-refractivity contribution in [2.45, 2.75) is 12.0 Å². The molecule has 2 nitrogen and oxygen atoms in total. The Labute approximate surface area is 95.7 Å². The molecule has 3 rings (SSSR count). The first-order valence-corrected chi connectivity index (χ1v) is 5.06. The first-order chi connectivity index (χ1) is 6.88. The lowest BCUT2D eigenvalue weighted by Gasteiger charge is -2.30. The Hall–Kier alpha value is -0.990. The van der Waals surface area contributed by atoms with Crippen molar-refractivity contribution in [3.8, 4) is 5.75 Å². The Morgan fingerprint density at radius 3 is 2.93 bits per heavy atom. The maximum absolute atomic E-state index is 6.03. The highest BCUT2D eigenvalue weighted by atomic mass is 35.5. The Kier molecular flexibility index (Phi) is 2.72. The van der Waals surface area contributed by atoms with Crippen LogP contribution in [0, 0.1) is 0 Å². The van der Waals surface area contributed by atoms with Gasteiger partial charge in [-0.15, -0.1) is 12.4 Å². The van der Waals surface area contributed by atoms with Crippen LogP contribution in [0.25, 0.3) is 6.08 Å². The minimum atomic E-state index is -0.0750. The summed E-state index contributed by atoms with van der Waals surface area (Å²) in [7, 11) is 0. The van der Waals surface area contributed by atoms with Gasteiger partial charge in [0.05, 0.1) is 0 Å². The Morgan fingerprint density at radius 1 is 1.27 bits per heavy atom. The molecule has 0 radical (unpaired) electrons. The van der Waals surface area contributed by atoms with E-state index in [0.29, 0.717) is 0 Å². The van der Waals surface area contributed by atoms with E-state index in [-0.39, 0.29) is 18.0 Å². The van der Waals surface area contributed by atoms with Crippen molar-refractivity contribution in [1.82, 2.24) is 5.32 Å². The highest BCUT2D eigenvalue weighted by Gasteiger charge is 2.35. The van der Waals surface area contributed by atoms with Gasteiger partial charge >= 0.3 is 0 Å². The second kappa shape index (κ2) is 3.87. The van der Waals surface area contributed by atoms with E-state index < -0.39 is 0 Å². The molecule has 2 aliphatic heterocycles. The summed E-state index contributed by atoms with van der Waals surface area (Å²) in [5.41, 5.74) is 1.11. The SMILES string of the molecule is C1=CC2(CCNC2)Oc2ccccc21.Cl. The number of fused-ring (bicyclic) bond motifs is 1. The van der Waals surface area contributed by atoms with Crippen LogP contribution >= 0.6 is 12.4 Å². The standard InChI is InChI=1S/C12H13NO.ClH/c1-2-4-11-10(3-1)5-6-12(14-11)7-8-13-9-12;/h1-6,13H,7-9H2;1H. The molecule has 0 bridgehead atoms. The van der Waals surface area contributed by atoms with Crippen LogP contribution in [-0.4, -0.2) is 18.7 Å². The van der Waals surface area contributed by atoms with E-state index in [1.165, 1.54) is 5.56 Å².